The highest BCUT2D eigenvalue weighted by molar-refractivity contribution is 14.1. The van der Waals surface area contributed by atoms with Crippen molar-refractivity contribution in [1.82, 2.24) is 36.8 Å². The van der Waals surface area contributed by atoms with Crippen LogP contribution >= 0.6 is 22.6 Å². The molecule has 58 heavy (non-hydrogen) atoms. The molecule has 0 bridgehead atoms. The average molecular weight is 925 g/mol. The summed E-state index contributed by atoms with van der Waals surface area (Å²) in [5.74, 6) is -3.87. The summed E-state index contributed by atoms with van der Waals surface area (Å²) in [5.41, 5.74) is 6.09. The first-order valence-corrected chi connectivity index (χ1v) is 21.7. The molecule has 7 atom stereocenters. The van der Waals surface area contributed by atoms with Gasteiger partial charge in [0.25, 0.3) is 0 Å². The number of nitrogens with one attached hydrogen (secondary N) is 6. The number of likely N-dealkylation sites (tertiary alicyclic amines) is 1. The molecule has 0 aromatic heterocycles. The van der Waals surface area contributed by atoms with E-state index in [9.17, 15) is 33.6 Å². The molecule has 2 aliphatic heterocycles. The van der Waals surface area contributed by atoms with Crippen LogP contribution < -0.4 is 37.6 Å². The second-order valence-electron chi connectivity index (χ2n) is 16.3. The zero-order valence-corrected chi connectivity index (χ0v) is 37.0. The number of nitrogens with two attached hydrogens (primary N) is 1. The van der Waals surface area contributed by atoms with Gasteiger partial charge in [-0.15, -0.1) is 0 Å². The van der Waals surface area contributed by atoms with Gasteiger partial charge in [0.2, 0.25) is 35.4 Å². The van der Waals surface area contributed by atoms with Gasteiger partial charge in [-0.1, -0.05) is 60.1 Å². The number of rotatable bonds is 23. The number of hydrogen-bond donors (Lipinski definition) is 7. The Morgan fingerprint density at radius 3 is 2.26 bits per heavy atom. The Morgan fingerprint density at radius 2 is 1.64 bits per heavy atom. The third-order valence-corrected chi connectivity index (χ3v) is 11.3. The molecule has 2 fully saturated rings. The van der Waals surface area contributed by atoms with Gasteiger partial charge < -0.3 is 42.4 Å². The standard InChI is InChI=1S/C41H65IN8O8/c1-7-26(6)37(49-40(56)36(25(4)5)48-38(54)29-13-9-17-44-29)41(57)47-30(19-24(2)3)32(58-35(53)16-15-34(52)45-22-33(43)51)23-50-18-10-14-31(50)39(55)46-21-27-11-8-12-28(42)20-27/h8,11-12,20,24-26,29-32,36-37,44H,7,9-10,13-19,21-23H2,1-6H3,(H2,43,51)(H,45,52)(H,46,55)(H,47,57)(H,48,54)(H,49,56)/t26-,29-,30+,31-,32-,36-,37-/m0/s1. The van der Waals surface area contributed by atoms with Gasteiger partial charge in [0.1, 0.15) is 18.2 Å². The lowest BCUT2D eigenvalue weighted by Gasteiger charge is -2.35. The van der Waals surface area contributed by atoms with Crippen molar-refractivity contribution in [3.8, 4) is 0 Å². The molecule has 2 aliphatic rings. The fourth-order valence-corrected chi connectivity index (χ4v) is 7.82. The minimum absolute atomic E-state index is 0.0267. The van der Waals surface area contributed by atoms with Crippen molar-refractivity contribution in [2.24, 2.45) is 23.5 Å². The maximum absolute atomic E-state index is 14.3. The summed E-state index contributed by atoms with van der Waals surface area (Å²) < 4.78 is 7.15. The van der Waals surface area contributed by atoms with Crippen LogP contribution in [0.4, 0.5) is 0 Å². The smallest absolute Gasteiger partial charge is 0.306 e. The summed E-state index contributed by atoms with van der Waals surface area (Å²) >= 11 is 2.22. The molecule has 0 saturated carbocycles. The van der Waals surface area contributed by atoms with Crippen molar-refractivity contribution in [2.45, 2.75) is 136 Å². The molecule has 0 radical (unpaired) electrons. The number of hydrogen-bond acceptors (Lipinski definition) is 10. The maximum atomic E-state index is 14.3. The van der Waals surface area contributed by atoms with Crippen LogP contribution in [-0.4, -0.2) is 109 Å². The van der Waals surface area contributed by atoms with Crippen LogP contribution in [0.5, 0.6) is 0 Å². The number of carbonyl (C=O) groups is 7. The second kappa shape index (κ2) is 24.3. The van der Waals surface area contributed by atoms with Crippen LogP contribution in [0.1, 0.15) is 98.5 Å². The Balaban J connectivity index is 1.85. The van der Waals surface area contributed by atoms with Gasteiger partial charge in [0.15, 0.2) is 0 Å². The SMILES string of the molecule is CC[C@H](C)[C@H](NC(=O)[C@@H](NC(=O)[C@@H]1CCCN1)C(C)C)C(=O)N[C@H](CC(C)C)[C@H](CN1CCC[C@H]1C(=O)NCc1cccc(I)c1)OC(=O)CCC(=O)NCC(N)=O. The minimum Gasteiger partial charge on any atom is -0.459 e. The van der Waals surface area contributed by atoms with Gasteiger partial charge in [0, 0.05) is 23.1 Å². The topological polar surface area (TPSA) is 230 Å². The van der Waals surface area contributed by atoms with E-state index in [0.717, 1.165) is 28.5 Å². The van der Waals surface area contributed by atoms with Crippen LogP contribution in [-0.2, 0) is 44.8 Å². The number of ether oxygens (including phenoxy) is 1. The quantitative estimate of drug-likeness (QED) is 0.0620. The molecule has 1 aromatic carbocycles. The van der Waals surface area contributed by atoms with E-state index in [0.29, 0.717) is 38.8 Å². The van der Waals surface area contributed by atoms with Gasteiger partial charge in [-0.2, -0.15) is 0 Å². The Labute approximate surface area is 356 Å². The van der Waals surface area contributed by atoms with Crippen LogP contribution in [0.2, 0.25) is 0 Å². The molecular formula is C41H65IN8O8. The molecule has 3 rings (SSSR count). The predicted molar refractivity (Wildman–Crippen MR) is 227 cm³/mol. The normalized spacial score (nSPS) is 19.4. The summed E-state index contributed by atoms with van der Waals surface area (Å²) in [6.45, 7) is 12.8. The number of benzene rings is 1. The number of halogens is 1. The lowest BCUT2D eigenvalue weighted by molar-refractivity contribution is -0.154. The Kier molecular flexibility index (Phi) is 20.3. The Morgan fingerprint density at radius 1 is 0.914 bits per heavy atom. The number of nitrogens with zero attached hydrogens (tertiary/aromatic N) is 1. The van der Waals surface area contributed by atoms with E-state index in [1.54, 1.807) is 0 Å². The van der Waals surface area contributed by atoms with E-state index in [-0.39, 0.29) is 61.5 Å². The van der Waals surface area contributed by atoms with Crippen molar-refractivity contribution in [3.63, 3.8) is 0 Å². The third-order valence-electron chi connectivity index (χ3n) is 10.7. The van der Waals surface area contributed by atoms with E-state index in [1.807, 2.05) is 70.7 Å². The summed E-state index contributed by atoms with van der Waals surface area (Å²) in [6.07, 6.45) is 2.33. The number of primary amides is 1. The lowest BCUT2D eigenvalue weighted by Crippen LogP contribution is -2.61. The molecule has 8 N–H and O–H groups in total. The van der Waals surface area contributed by atoms with E-state index in [2.05, 4.69) is 54.5 Å². The average Bonchev–Trinajstić information content (AvgIpc) is 3.88. The van der Waals surface area contributed by atoms with Crippen LogP contribution in [0.3, 0.4) is 0 Å². The Bertz CT molecular complexity index is 1570. The fraction of sp³-hybridized carbons (Fsp3) is 0.683. The van der Waals surface area contributed by atoms with Gasteiger partial charge in [-0.3, -0.25) is 38.5 Å². The molecule has 0 aliphatic carbocycles. The number of esters is 1. The predicted octanol–water partition coefficient (Wildman–Crippen LogP) is 1.62. The molecule has 17 heteroatoms. The lowest BCUT2D eigenvalue weighted by atomic mass is 9.94. The summed E-state index contributed by atoms with van der Waals surface area (Å²) in [7, 11) is 0. The molecule has 324 valence electrons. The van der Waals surface area contributed by atoms with Crippen molar-refractivity contribution in [3.05, 3.63) is 33.4 Å². The van der Waals surface area contributed by atoms with Gasteiger partial charge in [-0.05, 0) is 103 Å². The van der Waals surface area contributed by atoms with Crippen LogP contribution in [0, 0.1) is 21.3 Å². The monoisotopic (exact) mass is 924 g/mol. The van der Waals surface area contributed by atoms with E-state index in [4.69, 9.17) is 10.5 Å². The third kappa shape index (κ3) is 16.1. The second-order valence-corrected chi connectivity index (χ2v) is 17.5. The molecule has 2 saturated heterocycles. The molecule has 1 aromatic rings. The summed E-state index contributed by atoms with van der Waals surface area (Å²) in [6, 6.07) is 4.37. The molecule has 6 amide bonds. The molecule has 2 heterocycles. The molecular weight excluding hydrogens is 859 g/mol. The highest BCUT2D eigenvalue weighted by Gasteiger charge is 2.39. The maximum Gasteiger partial charge on any atom is 0.306 e. The van der Waals surface area contributed by atoms with Crippen LogP contribution in [0.25, 0.3) is 0 Å². The van der Waals surface area contributed by atoms with E-state index in [1.165, 1.54) is 0 Å². The summed E-state index contributed by atoms with van der Waals surface area (Å²) in [5, 5.41) is 17.5. The van der Waals surface area contributed by atoms with Crippen molar-refractivity contribution in [1.29, 1.82) is 0 Å². The molecule has 0 unspecified atom stereocenters. The van der Waals surface area contributed by atoms with Crippen molar-refractivity contribution < 1.29 is 38.3 Å². The first-order chi connectivity index (χ1) is 27.5. The zero-order chi connectivity index (χ0) is 42.9. The van der Waals surface area contributed by atoms with Gasteiger partial charge in [-0.25, -0.2) is 0 Å². The van der Waals surface area contributed by atoms with E-state index < -0.39 is 59.9 Å². The van der Waals surface area contributed by atoms with E-state index >= 15 is 0 Å². The summed E-state index contributed by atoms with van der Waals surface area (Å²) in [4.78, 5) is 93.6. The first-order valence-electron chi connectivity index (χ1n) is 20.6. The fourth-order valence-electron chi connectivity index (χ4n) is 7.22. The largest absolute Gasteiger partial charge is 0.459 e. The highest BCUT2D eigenvalue weighted by atomic mass is 127. The highest BCUT2D eigenvalue weighted by Crippen LogP contribution is 2.23. The number of carbonyl (C=O) groups excluding carboxylic acids is 7. The first kappa shape index (κ1) is 48.5. The molecule has 0 spiro atoms. The number of amides is 6. The van der Waals surface area contributed by atoms with Crippen molar-refractivity contribution in [2.75, 3.05) is 26.2 Å². The van der Waals surface area contributed by atoms with Gasteiger partial charge in [0.05, 0.1) is 31.1 Å². The van der Waals surface area contributed by atoms with Gasteiger partial charge >= 0.3 is 5.97 Å². The van der Waals surface area contributed by atoms with Crippen LogP contribution in [0.15, 0.2) is 24.3 Å². The molecule has 16 nitrogen and oxygen atoms in total. The minimum atomic E-state index is -0.980. The van der Waals surface area contributed by atoms with Crippen molar-refractivity contribution >= 4 is 64.0 Å². The Hall–Kier alpha value is -3.84. The zero-order valence-electron chi connectivity index (χ0n) is 34.9.